The number of oxazole rings is 1. The van der Waals surface area contributed by atoms with Gasteiger partial charge in [0.25, 0.3) is 5.91 Å². The Balaban J connectivity index is 1.33. The van der Waals surface area contributed by atoms with Crippen LogP contribution in [0.1, 0.15) is 36.6 Å². The van der Waals surface area contributed by atoms with Gasteiger partial charge in [-0.15, -0.1) is 0 Å². The van der Waals surface area contributed by atoms with E-state index in [1.54, 1.807) is 18.2 Å². The minimum absolute atomic E-state index is 0.0901. The summed E-state index contributed by atoms with van der Waals surface area (Å²) in [6.07, 6.45) is 2.40. The Morgan fingerprint density at radius 2 is 2.11 bits per heavy atom. The van der Waals surface area contributed by atoms with Crippen LogP contribution in [0.4, 0.5) is 0 Å². The normalized spacial score (nSPS) is 18.1. The van der Waals surface area contributed by atoms with Gasteiger partial charge in [-0.2, -0.15) is 0 Å². The largest absolute Gasteiger partial charge is 0.484 e. The fourth-order valence-electron chi connectivity index (χ4n) is 3.71. The highest BCUT2D eigenvalue weighted by molar-refractivity contribution is 5.92. The number of likely N-dealkylation sites (tertiary alicyclic amines) is 1. The van der Waals surface area contributed by atoms with Crippen LogP contribution in [0.3, 0.4) is 0 Å². The molecule has 0 N–H and O–H groups in total. The van der Waals surface area contributed by atoms with Gasteiger partial charge in [0.2, 0.25) is 12.7 Å². The summed E-state index contributed by atoms with van der Waals surface area (Å²) >= 11 is 0. The van der Waals surface area contributed by atoms with E-state index < -0.39 is 0 Å². The molecule has 0 spiro atoms. The molecule has 28 heavy (non-hydrogen) atoms. The van der Waals surface area contributed by atoms with Gasteiger partial charge >= 0.3 is 0 Å². The number of rotatable bonds is 7. The number of aromatic nitrogens is 1. The second-order valence-corrected chi connectivity index (χ2v) is 6.85. The fraction of sp³-hybridized carbons (Fsp3) is 0.500. The SMILES string of the molecule is CCN(CC)C1CCN(C(=O)c2coc(COc3ccc4c(c3)OCO4)n2)C1. The summed E-state index contributed by atoms with van der Waals surface area (Å²) in [6, 6.07) is 5.76. The number of carbonyl (C=O) groups excluding carboxylic acids is 1. The van der Waals surface area contributed by atoms with Gasteiger partial charge in [0.15, 0.2) is 23.8 Å². The molecule has 0 radical (unpaired) electrons. The standard InChI is InChI=1S/C20H25N3O5/c1-3-22(4-2)14-7-8-23(10-14)20(24)16-11-26-19(21-16)12-25-15-5-6-17-18(9-15)28-13-27-17/h5-6,9,11,14H,3-4,7-8,10,12-13H2,1-2H3. The molecule has 1 aromatic heterocycles. The summed E-state index contributed by atoms with van der Waals surface area (Å²) in [4.78, 5) is 21.3. The lowest BCUT2D eigenvalue weighted by Gasteiger charge is -2.25. The maximum atomic E-state index is 12.7. The Labute approximate surface area is 164 Å². The van der Waals surface area contributed by atoms with E-state index in [1.165, 1.54) is 6.26 Å². The van der Waals surface area contributed by atoms with Gasteiger partial charge in [0.05, 0.1) is 0 Å². The smallest absolute Gasteiger partial charge is 0.275 e. The second-order valence-electron chi connectivity index (χ2n) is 6.85. The molecule has 2 aliphatic rings. The first kappa shape index (κ1) is 18.6. The predicted octanol–water partition coefficient (Wildman–Crippen LogP) is 2.54. The maximum absolute atomic E-state index is 12.7. The predicted molar refractivity (Wildman–Crippen MR) is 101 cm³/mol. The zero-order valence-electron chi connectivity index (χ0n) is 16.2. The lowest BCUT2D eigenvalue weighted by atomic mass is 10.2. The van der Waals surface area contributed by atoms with Crippen molar-refractivity contribution in [3.05, 3.63) is 36.0 Å². The van der Waals surface area contributed by atoms with Crippen LogP contribution in [0.25, 0.3) is 0 Å². The quantitative estimate of drug-likeness (QED) is 0.722. The van der Waals surface area contributed by atoms with Gasteiger partial charge in [-0.05, 0) is 31.6 Å². The van der Waals surface area contributed by atoms with E-state index in [0.29, 0.717) is 34.9 Å². The lowest BCUT2D eigenvalue weighted by Crippen LogP contribution is -2.38. The first-order valence-corrected chi connectivity index (χ1v) is 9.68. The highest BCUT2D eigenvalue weighted by Gasteiger charge is 2.31. The summed E-state index contributed by atoms with van der Waals surface area (Å²) in [5.41, 5.74) is 0.324. The van der Waals surface area contributed by atoms with Gasteiger partial charge in [-0.1, -0.05) is 13.8 Å². The lowest BCUT2D eigenvalue weighted by molar-refractivity contribution is 0.0772. The van der Waals surface area contributed by atoms with E-state index in [9.17, 15) is 4.79 Å². The van der Waals surface area contributed by atoms with Crippen molar-refractivity contribution in [1.82, 2.24) is 14.8 Å². The van der Waals surface area contributed by atoms with Gasteiger partial charge in [0, 0.05) is 25.2 Å². The van der Waals surface area contributed by atoms with E-state index in [1.807, 2.05) is 4.90 Å². The zero-order chi connectivity index (χ0) is 19.5. The average Bonchev–Trinajstić information content (AvgIpc) is 3.46. The van der Waals surface area contributed by atoms with Crippen LogP contribution in [0, 0.1) is 0 Å². The Bertz CT molecular complexity index is 833. The average molecular weight is 387 g/mol. The van der Waals surface area contributed by atoms with Crippen molar-refractivity contribution in [1.29, 1.82) is 0 Å². The molecule has 1 fully saturated rings. The van der Waals surface area contributed by atoms with E-state index in [0.717, 1.165) is 32.6 Å². The fourth-order valence-corrected chi connectivity index (χ4v) is 3.71. The van der Waals surface area contributed by atoms with Crippen LogP contribution in [0.5, 0.6) is 17.2 Å². The molecule has 150 valence electrons. The third kappa shape index (κ3) is 3.77. The Morgan fingerprint density at radius 3 is 2.93 bits per heavy atom. The molecule has 8 nitrogen and oxygen atoms in total. The molecule has 1 saturated heterocycles. The van der Waals surface area contributed by atoms with Crippen LogP contribution in [-0.2, 0) is 6.61 Å². The van der Waals surface area contributed by atoms with Crippen molar-refractivity contribution in [2.45, 2.75) is 32.9 Å². The number of fused-ring (bicyclic) bond motifs is 1. The molecule has 1 aromatic carbocycles. The molecular weight excluding hydrogens is 362 g/mol. The number of ether oxygens (including phenoxy) is 3. The van der Waals surface area contributed by atoms with Crippen LogP contribution < -0.4 is 14.2 Å². The van der Waals surface area contributed by atoms with Gasteiger partial charge < -0.3 is 23.5 Å². The molecule has 1 unspecified atom stereocenters. The minimum Gasteiger partial charge on any atom is -0.484 e. The van der Waals surface area contributed by atoms with Crippen LogP contribution in [0.15, 0.2) is 28.9 Å². The molecule has 8 heteroatoms. The van der Waals surface area contributed by atoms with Crippen molar-refractivity contribution in [3.8, 4) is 17.2 Å². The molecule has 0 saturated carbocycles. The molecule has 4 rings (SSSR count). The van der Waals surface area contributed by atoms with E-state index in [4.69, 9.17) is 18.6 Å². The zero-order valence-corrected chi connectivity index (χ0v) is 16.2. The van der Waals surface area contributed by atoms with Crippen molar-refractivity contribution in [2.24, 2.45) is 0 Å². The first-order chi connectivity index (χ1) is 13.7. The van der Waals surface area contributed by atoms with E-state index in [-0.39, 0.29) is 19.3 Å². The van der Waals surface area contributed by atoms with Crippen molar-refractivity contribution >= 4 is 5.91 Å². The van der Waals surface area contributed by atoms with Crippen LogP contribution in [-0.4, -0.2) is 59.7 Å². The Kier molecular flexibility index (Phi) is 5.38. The number of hydrogen-bond acceptors (Lipinski definition) is 7. The molecular formula is C20H25N3O5. The monoisotopic (exact) mass is 387 g/mol. The summed E-state index contributed by atoms with van der Waals surface area (Å²) in [5, 5.41) is 0. The first-order valence-electron chi connectivity index (χ1n) is 9.68. The molecule has 1 atom stereocenters. The van der Waals surface area contributed by atoms with Gasteiger partial charge in [-0.25, -0.2) is 4.98 Å². The van der Waals surface area contributed by atoms with Crippen LogP contribution >= 0.6 is 0 Å². The molecule has 2 aromatic rings. The topological polar surface area (TPSA) is 77.3 Å². The number of amides is 1. The molecule has 0 bridgehead atoms. The summed E-state index contributed by atoms with van der Waals surface area (Å²) < 4.78 is 21.7. The minimum atomic E-state index is -0.0901. The summed E-state index contributed by atoms with van der Waals surface area (Å²) in [7, 11) is 0. The summed E-state index contributed by atoms with van der Waals surface area (Å²) in [5.74, 6) is 2.24. The van der Waals surface area contributed by atoms with Crippen molar-refractivity contribution in [2.75, 3.05) is 33.0 Å². The number of likely N-dealkylation sites (N-methyl/N-ethyl adjacent to an activating group) is 1. The Hall–Kier alpha value is -2.74. The van der Waals surface area contributed by atoms with Crippen LogP contribution in [0.2, 0.25) is 0 Å². The van der Waals surface area contributed by atoms with E-state index >= 15 is 0 Å². The van der Waals surface area contributed by atoms with Crippen molar-refractivity contribution in [3.63, 3.8) is 0 Å². The van der Waals surface area contributed by atoms with E-state index in [2.05, 4.69) is 23.7 Å². The Morgan fingerprint density at radius 1 is 1.29 bits per heavy atom. The highest BCUT2D eigenvalue weighted by atomic mass is 16.7. The number of nitrogens with zero attached hydrogens (tertiary/aromatic N) is 3. The number of benzene rings is 1. The van der Waals surface area contributed by atoms with Gasteiger partial charge in [0.1, 0.15) is 12.0 Å². The van der Waals surface area contributed by atoms with Crippen molar-refractivity contribution < 1.29 is 23.4 Å². The number of carbonyl (C=O) groups is 1. The maximum Gasteiger partial charge on any atom is 0.275 e. The molecule has 2 aliphatic heterocycles. The number of hydrogen-bond donors (Lipinski definition) is 0. The molecule has 3 heterocycles. The van der Waals surface area contributed by atoms with Gasteiger partial charge in [-0.3, -0.25) is 9.69 Å². The highest BCUT2D eigenvalue weighted by Crippen LogP contribution is 2.35. The molecule has 1 amide bonds. The third-order valence-corrected chi connectivity index (χ3v) is 5.26. The summed E-state index contributed by atoms with van der Waals surface area (Å²) in [6.45, 7) is 8.12. The molecule has 0 aliphatic carbocycles. The third-order valence-electron chi connectivity index (χ3n) is 5.26. The second kappa shape index (κ2) is 8.10.